The third-order valence-electron chi connectivity index (χ3n) is 15.7. The maximum atomic E-state index is 13.0. The van der Waals surface area contributed by atoms with Gasteiger partial charge < -0.3 is 28.5 Å². The van der Waals surface area contributed by atoms with E-state index >= 15 is 0 Å². The standard InChI is InChI=1S/C86H139NO8/c1-6-8-10-12-14-16-18-20-22-24-26-28-30-32-34-36-38-39-40-41-42-43-44-45-47-49-51-53-55-57-59-61-63-65-67-69-71-73-75-77-84(89)95-82(81-94-86(85(90)91)92-79-78-87(3,4)5)80-93-83(88)76-74-72-70-68-66-64-62-60-58-56-54-52-50-48-46-37-35-33-31-29-27-25-23-21-19-17-15-13-11-9-7-2/h8-11,14-17,20-23,26-29,32,34,38-39,41-42,44-45,49,51,55,57,61,63,82,86H,6-7,12-13,18-19,24-25,30-31,33,35-37,40,43,46-48,50,52-54,56,58-60,62,64-81H2,1-5H3/p+1/b10-8-,11-9-,16-14-,17-15-,22-20-,23-21-,28-26-,29-27-,34-32-,39-38-,42-41-,45-44-,51-49-,57-55-,63-61-. The molecule has 95 heavy (non-hydrogen) atoms. The lowest BCUT2D eigenvalue weighted by molar-refractivity contribution is -0.870. The lowest BCUT2D eigenvalue weighted by Gasteiger charge is -2.25. The van der Waals surface area contributed by atoms with Crippen LogP contribution < -0.4 is 0 Å². The van der Waals surface area contributed by atoms with E-state index in [1.54, 1.807) is 0 Å². The first kappa shape index (κ1) is 89.4. The van der Waals surface area contributed by atoms with Crippen molar-refractivity contribution in [3.63, 3.8) is 0 Å². The van der Waals surface area contributed by atoms with Crippen LogP contribution in [0.4, 0.5) is 0 Å². The van der Waals surface area contributed by atoms with Crippen LogP contribution in [0.25, 0.3) is 0 Å². The molecule has 0 heterocycles. The quantitative estimate of drug-likeness (QED) is 0.0211. The average molecular weight is 1320 g/mol. The van der Waals surface area contributed by atoms with Gasteiger partial charge in [-0.05, 0) is 135 Å². The highest BCUT2D eigenvalue weighted by molar-refractivity contribution is 5.71. The summed E-state index contributed by atoms with van der Waals surface area (Å²) in [6.07, 6.45) is 110. The van der Waals surface area contributed by atoms with E-state index in [4.69, 9.17) is 18.9 Å². The maximum absolute atomic E-state index is 13.0. The highest BCUT2D eigenvalue weighted by atomic mass is 16.7. The third-order valence-corrected chi connectivity index (χ3v) is 15.7. The topological polar surface area (TPSA) is 108 Å². The van der Waals surface area contributed by atoms with Crippen molar-refractivity contribution in [3.05, 3.63) is 182 Å². The molecule has 1 N–H and O–H groups in total. The zero-order valence-corrected chi connectivity index (χ0v) is 61.3. The van der Waals surface area contributed by atoms with Crippen molar-refractivity contribution in [2.24, 2.45) is 0 Å². The summed E-state index contributed by atoms with van der Waals surface area (Å²) in [5.41, 5.74) is 0. The van der Waals surface area contributed by atoms with E-state index in [2.05, 4.69) is 196 Å². The Bertz CT molecular complexity index is 2220. The van der Waals surface area contributed by atoms with E-state index in [0.29, 0.717) is 17.4 Å². The van der Waals surface area contributed by atoms with Crippen LogP contribution in [0.1, 0.15) is 284 Å². The fraction of sp³-hybridized carbons (Fsp3) is 0.616. The number of nitrogens with zero attached hydrogens (tertiary/aromatic N) is 1. The van der Waals surface area contributed by atoms with Crippen molar-refractivity contribution in [1.82, 2.24) is 0 Å². The van der Waals surface area contributed by atoms with Crippen molar-refractivity contribution in [2.75, 3.05) is 47.5 Å². The van der Waals surface area contributed by atoms with Gasteiger partial charge in [0.25, 0.3) is 6.29 Å². The summed E-state index contributed by atoms with van der Waals surface area (Å²) < 4.78 is 23.0. The number of allylic oxidation sites excluding steroid dienone is 30. The zero-order valence-electron chi connectivity index (χ0n) is 61.3. The SMILES string of the molecule is CC/C=C\C/C=C\C/C=C\C/C=C\C/C=C\C/C=C\C/C=C\C/C=C\C/C=C\C/C=C\C/C=C\CCCCCCCC(=O)OC(COC(=O)CCCCCCCCCCCCCCCCCCCC/C=C\C/C=C\C/C=C\C/C=C\CC)COC(OCC[N+](C)(C)C)C(=O)O. The second kappa shape index (κ2) is 74.2. The normalized spacial score (nSPS) is 13.7. The lowest BCUT2D eigenvalue weighted by atomic mass is 10.0. The minimum Gasteiger partial charge on any atom is -0.477 e. The molecule has 0 aromatic carbocycles. The zero-order chi connectivity index (χ0) is 69.0. The molecule has 0 aromatic rings. The molecule has 0 aliphatic heterocycles. The molecule has 2 unspecified atom stereocenters. The van der Waals surface area contributed by atoms with Crippen LogP contribution in [0, 0.1) is 0 Å². The van der Waals surface area contributed by atoms with E-state index in [1.807, 2.05) is 21.1 Å². The van der Waals surface area contributed by atoms with E-state index in [0.717, 1.165) is 148 Å². The van der Waals surface area contributed by atoms with E-state index in [1.165, 1.54) is 103 Å². The summed E-state index contributed by atoms with van der Waals surface area (Å²) in [5, 5.41) is 9.76. The van der Waals surface area contributed by atoms with Crippen molar-refractivity contribution < 1.29 is 42.9 Å². The fourth-order valence-corrected chi connectivity index (χ4v) is 9.95. The van der Waals surface area contributed by atoms with Gasteiger partial charge in [-0.25, -0.2) is 4.79 Å². The average Bonchev–Trinajstić information content (AvgIpc) is 2.92. The summed E-state index contributed by atoms with van der Waals surface area (Å²) in [7, 11) is 5.96. The molecule has 0 bridgehead atoms. The van der Waals surface area contributed by atoms with Gasteiger partial charge in [-0.1, -0.05) is 318 Å². The molecule has 0 saturated carbocycles. The largest absolute Gasteiger partial charge is 0.477 e. The van der Waals surface area contributed by atoms with Gasteiger partial charge in [-0.15, -0.1) is 0 Å². The Morgan fingerprint density at radius 1 is 0.316 bits per heavy atom. The number of rotatable bonds is 68. The molecule has 0 aromatic heterocycles. The number of carbonyl (C=O) groups is 3. The minimum atomic E-state index is -1.53. The predicted molar refractivity (Wildman–Crippen MR) is 409 cm³/mol. The first-order valence-electron chi connectivity index (χ1n) is 37.9. The molecule has 0 fully saturated rings. The Balaban J connectivity index is 4.18. The molecule has 0 radical (unpaired) electrons. The van der Waals surface area contributed by atoms with E-state index in [9.17, 15) is 19.5 Å². The van der Waals surface area contributed by atoms with Gasteiger partial charge in [0.05, 0.1) is 34.4 Å². The maximum Gasteiger partial charge on any atom is 0.361 e. The second-order valence-corrected chi connectivity index (χ2v) is 25.8. The number of likely N-dealkylation sites (N-methyl/N-ethyl adjacent to an activating group) is 1. The Morgan fingerprint density at radius 2 is 0.568 bits per heavy atom. The monoisotopic (exact) mass is 1320 g/mol. The van der Waals surface area contributed by atoms with Gasteiger partial charge in [0.1, 0.15) is 13.2 Å². The van der Waals surface area contributed by atoms with Crippen LogP contribution in [0.3, 0.4) is 0 Å². The fourth-order valence-electron chi connectivity index (χ4n) is 9.95. The Kier molecular flexibility index (Phi) is 69.8. The van der Waals surface area contributed by atoms with E-state index < -0.39 is 24.3 Å². The second-order valence-electron chi connectivity index (χ2n) is 25.8. The van der Waals surface area contributed by atoms with Crippen LogP contribution in [0.15, 0.2) is 182 Å². The number of hydrogen-bond acceptors (Lipinski definition) is 7. The first-order valence-corrected chi connectivity index (χ1v) is 37.9. The molecule has 0 amide bonds. The van der Waals surface area contributed by atoms with E-state index in [-0.39, 0.29) is 38.6 Å². The van der Waals surface area contributed by atoms with Gasteiger partial charge in [0.2, 0.25) is 0 Å². The first-order chi connectivity index (χ1) is 46.6. The van der Waals surface area contributed by atoms with Crippen LogP contribution in [0.2, 0.25) is 0 Å². The molecular formula is C86H140NO8+. The van der Waals surface area contributed by atoms with Crippen LogP contribution in [0.5, 0.6) is 0 Å². The molecule has 0 aliphatic carbocycles. The van der Waals surface area contributed by atoms with Crippen molar-refractivity contribution in [2.45, 2.75) is 296 Å². The molecule has 2 atom stereocenters. The Hall–Kier alpha value is -5.61. The van der Waals surface area contributed by atoms with Gasteiger partial charge >= 0.3 is 17.9 Å². The number of ether oxygens (including phenoxy) is 4. The highest BCUT2D eigenvalue weighted by Crippen LogP contribution is 2.17. The van der Waals surface area contributed by atoms with Crippen LogP contribution in [-0.2, 0) is 33.3 Å². The minimum absolute atomic E-state index is 0.175. The number of quaternary nitrogens is 1. The molecule has 0 rings (SSSR count). The lowest BCUT2D eigenvalue weighted by Crippen LogP contribution is -2.40. The molecule has 9 heteroatoms. The van der Waals surface area contributed by atoms with Crippen molar-refractivity contribution in [1.29, 1.82) is 0 Å². The number of hydrogen-bond donors (Lipinski definition) is 1. The van der Waals surface area contributed by atoms with Gasteiger partial charge in [0.15, 0.2) is 6.10 Å². The molecule has 9 nitrogen and oxygen atoms in total. The van der Waals surface area contributed by atoms with Gasteiger partial charge in [-0.3, -0.25) is 9.59 Å². The Morgan fingerprint density at radius 3 is 0.842 bits per heavy atom. The summed E-state index contributed by atoms with van der Waals surface area (Å²) >= 11 is 0. The number of carboxylic acid groups (broad SMARTS) is 1. The Labute approximate surface area is 583 Å². The molecule has 0 saturated heterocycles. The van der Waals surface area contributed by atoms with Crippen molar-refractivity contribution in [3.8, 4) is 0 Å². The van der Waals surface area contributed by atoms with Crippen molar-refractivity contribution >= 4 is 17.9 Å². The van der Waals surface area contributed by atoms with Gasteiger partial charge in [0, 0.05) is 12.8 Å². The number of aliphatic carboxylic acids is 1. The third kappa shape index (κ3) is 75.6. The smallest absolute Gasteiger partial charge is 0.361 e. The predicted octanol–water partition coefficient (Wildman–Crippen LogP) is 24.4. The summed E-state index contributed by atoms with van der Waals surface area (Å²) in [4.78, 5) is 37.7. The molecular weight excluding hydrogens is 1170 g/mol. The molecule has 536 valence electrons. The summed E-state index contributed by atoms with van der Waals surface area (Å²) in [6, 6.07) is 0. The number of carbonyl (C=O) groups excluding carboxylic acids is 2. The van der Waals surface area contributed by atoms with Crippen LogP contribution in [-0.4, -0.2) is 87.4 Å². The summed E-state index contributed by atoms with van der Waals surface area (Å²) in [6.45, 7) is 4.63. The molecule has 0 aliphatic rings. The highest BCUT2D eigenvalue weighted by Gasteiger charge is 2.25. The number of esters is 2. The van der Waals surface area contributed by atoms with Gasteiger partial charge in [-0.2, -0.15) is 0 Å². The molecule has 0 spiro atoms. The number of carboxylic acids is 1. The van der Waals surface area contributed by atoms with Crippen LogP contribution >= 0.6 is 0 Å². The summed E-state index contributed by atoms with van der Waals surface area (Å²) in [5.74, 6) is -2.04. The number of unbranched alkanes of at least 4 members (excludes halogenated alkanes) is 23.